The van der Waals surface area contributed by atoms with E-state index in [-0.39, 0.29) is 12.5 Å². The summed E-state index contributed by atoms with van der Waals surface area (Å²) in [4.78, 5) is 11.7. The number of rotatable bonds is 5. The van der Waals surface area contributed by atoms with Gasteiger partial charge in [0.05, 0.1) is 12.1 Å². The molecule has 0 atom stereocenters. The van der Waals surface area contributed by atoms with Gasteiger partial charge < -0.3 is 14.8 Å². The number of para-hydroxylation sites is 1. The van der Waals surface area contributed by atoms with Crippen LogP contribution < -0.4 is 14.8 Å². The van der Waals surface area contributed by atoms with Gasteiger partial charge in [0, 0.05) is 5.69 Å². The summed E-state index contributed by atoms with van der Waals surface area (Å²) in [6.07, 6.45) is 0. The third kappa shape index (κ3) is 3.90. The molecular weight excluding hydrogens is 278 g/mol. The molecule has 4 nitrogen and oxygen atoms in total. The quantitative estimate of drug-likeness (QED) is 0.919. The van der Waals surface area contributed by atoms with Crippen LogP contribution in [0.1, 0.15) is 0 Å². The van der Waals surface area contributed by atoms with Gasteiger partial charge in [0.15, 0.2) is 6.61 Å². The second-order valence-corrected chi connectivity index (χ2v) is 4.40. The fraction of sp³-hybridized carbons (Fsp3) is 0.133. The average Bonchev–Trinajstić information content (AvgIpc) is 2.47. The summed E-state index contributed by atoms with van der Waals surface area (Å²) in [6, 6.07) is 14.1. The Morgan fingerprint density at radius 1 is 1.15 bits per heavy atom. The predicted molar refractivity (Wildman–Crippen MR) is 78.6 cm³/mol. The molecule has 2 aromatic rings. The SMILES string of the molecule is COc1ccc(NC(=O)COc2ccccc2Cl)cc1. The topological polar surface area (TPSA) is 47.6 Å². The first-order valence-corrected chi connectivity index (χ1v) is 6.38. The van der Waals surface area contributed by atoms with Crippen molar-refractivity contribution in [2.24, 2.45) is 0 Å². The van der Waals surface area contributed by atoms with Gasteiger partial charge in [0.2, 0.25) is 0 Å². The molecule has 0 aliphatic carbocycles. The summed E-state index contributed by atoms with van der Waals surface area (Å²) < 4.78 is 10.4. The number of carbonyl (C=O) groups excluding carboxylic acids is 1. The molecule has 1 amide bonds. The number of nitrogens with one attached hydrogen (secondary N) is 1. The van der Waals surface area contributed by atoms with Crippen LogP contribution in [0.4, 0.5) is 5.69 Å². The molecule has 20 heavy (non-hydrogen) atoms. The van der Waals surface area contributed by atoms with Crippen LogP contribution in [0.3, 0.4) is 0 Å². The van der Waals surface area contributed by atoms with E-state index in [0.29, 0.717) is 16.5 Å². The highest BCUT2D eigenvalue weighted by Crippen LogP contribution is 2.23. The van der Waals surface area contributed by atoms with Gasteiger partial charge in [-0.05, 0) is 36.4 Å². The summed E-state index contributed by atoms with van der Waals surface area (Å²) >= 11 is 5.93. The van der Waals surface area contributed by atoms with Gasteiger partial charge in [-0.1, -0.05) is 23.7 Å². The monoisotopic (exact) mass is 291 g/mol. The molecule has 0 saturated heterocycles. The largest absolute Gasteiger partial charge is 0.497 e. The van der Waals surface area contributed by atoms with E-state index in [1.54, 1.807) is 55.6 Å². The lowest BCUT2D eigenvalue weighted by Gasteiger charge is -2.09. The molecule has 2 aromatic carbocycles. The number of ether oxygens (including phenoxy) is 2. The molecule has 0 radical (unpaired) electrons. The molecule has 0 aliphatic rings. The Morgan fingerprint density at radius 2 is 1.85 bits per heavy atom. The van der Waals surface area contributed by atoms with Crippen molar-refractivity contribution >= 4 is 23.2 Å². The van der Waals surface area contributed by atoms with Crippen LogP contribution in [0, 0.1) is 0 Å². The highest BCUT2D eigenvalue weighted by atomic mass is 35.5. The zero-order valence-corrected chi connectivity index (χ0v) is 11.7. The van der Waals surface area contributed by atoms with Gasteiger partial charge in [-0.2, -0.15) is 0 Å². The fourth-order valence-electron chi connectivity index (χ4n) is 1.58. The summed E-state index contributed by atoms with van der Waals surface area (Å²) in [6.45, 7) is -0.101. The molecule has 104 valence electrons. The highest BCUT2D eigenvalue weighted by molar-refractivity contribution is 6.32. The molecule has 0 fully saturated rings. The molecule has 1 N–H and O–H groups in total. The van der Waals surface area contributed by atoms with Crippen molar-refractivity contribution in [1.82, 2.24) is 0 Å². The molecule has 2 rings (SSSR count). The fourth-order valence-corrected chi connectivity index (χ4v) is 1.77. The molecule has 0 saturated carbocycles. The lowest BCUT2D eigenvalue weighted by Crippen LogP contribution is -2.20. The standard InChI is InChI=1S/C15H14ClNO3/c1-19-12-8-6-11(7-9-12)17-15(18)10-20-14-5-3-2-4-13(14)16/h2-9H,10H2,1H3,(H,17,18). The molecular formula is C15H14ClNO3. The number of carbonyl (C=O) groups is 1. The predicted octanol–water partition coefficient (Wildman–Crippen LogP) is 3.37. The number of benzene rings is 2. The van der Waals surface area contributed by atoms with E-state index >= 15 is 0 Å². The Balaban J connectivity index is 1.87. The van der Waals surface area contributed by atoms with Crippen LogP contribution in [0.5, 0.6) is 11.5 Å². The zero-order valence-electron chi connectivity index (χ0n) is 10.9. The second kappa shape index (κ2) is 6.82. The molecule has 0 bridgehead atoms. The molecule has 5 heteroatoms. The van der Waals surface area contributed by atoms with Crippen LogP contribution >= 0.6 is 11.6 Å². The third-order valence-corrected chi connectivity index (χ3v) is 2.88. The maximum Gasteiger partial charge on any atom is 0.262 e. The van der Waals surface area contributed by atoms with Crippen LogP contribution in [-0.4, -0.2) is 19.6 Å². The molecule has 0 aromatic heterocycles. The maximum absolute atomic E-state index is 11.7. The van der Waals surface area contributed by atoms with Gasteiger partial charge in [-0.15, -0.1) is 0 Å². The van der Waals surface area contributed by atoms with E-state index in [4.69, 9.17) is 21.1 Å². The van der Waals surface area contributed by atoms with Crippen molar-refractivity contribution in [3.63, 3.8) is 0 Å². The van der Waals surface area contributed by atoms with Gasteiger partial charge in [-0.25, -0.2) is 0 Å². The minimum atomic E-state index is -0.255. The van der Waals surface area contributed by atoms with Gasteiger partial charge in [-0.3, -0.25) is 4.79 Å². The first kappa shape index (κ1) is 14.2. The number of halogens is 1. The van der Waals surface area contributed by atoms with Crippen molar-refractivity contribution in [1.29, 1.82) is 0 Å². The summed E-state index contributed by atoms with van der Waals surface area (Å²) in [5, 5.41) is 3.20. The summed E-state index contributed by atoms with van der Waals surface area (Å²) in [7, 11) is 1.59. The van der Waals surface area contributed by atoms with Crippen molar-refractivity contribution in [2.45, 2.75) is 0 Å². The van der Waals surface area contributed by atoms with Crippen LogP contribution in [0.25, 0.3) is 0 Å². The maximum atomic E-state index is 11.7. The molecule has 0 heterocycles. The number of hydrogen-bond acceptors (Lipinski definition) is 3. The van der Waals surface area contributed by atoms with E-state index in [0.717, 1.165) is 5.75 Å². The van der Waals surface area contributed by atoms with E-state index in [1.807, 2.05) is 0 Å². The molecule has 0 aliphatic heterocycles. The number of methoxy groups -OCH3 is 1. The van der Waals surface area contributed by atoms with Gasteiger partial charge in [0.25, 0.3) is 5.91 Å². The van der Waals surface area contributed by atoms with E-state index in [2.05, 4.69) is 5.32 Å². The van der Waals surface area contributed by atoms with Crippen molar-refractivity contribution in [2.75, 3.05) is 19.0 Å². The first-order valence-electron chi connectivity index (χ1n) is 6.00. The Hall–Kier alpha value is -2.20. The van der Waals surface area contributed by atoms with E-state index in [1.165, 1.54) is 0 Å². The third-order valence-electron chi connectivity index (χ3n) is 2.57. The average molecular weight is 292 g/mol. The number of amides is 1. The highest BCUT2D eigenvalue weighted by Gasteiger charge is 2.06. The van der Waals surface area contributed by atoms with Crippen molar-refractivity contribution < 1.29 is 14.3 Å². The summed E-state index contributed by atoms with van der Waals surface area (Å²) in [5.41, 5.74) is 0.679. The number of hydrogen-bond donors (Lipinski definition) is 1. The van der Waals surface area contributed by atoms with Crippen molar-refractivity contribution in [3.05, 3.63) is 53.6 Å². The Bertz CT molecular complexity index is 584. The van der Waals surface area contributed by atoms with Crippen LogP contribution in [0.2, 0.25) is 5.02 Å². The van der Waals surface area contributed by atoms with E-state index < -0.39 is 0 Å². The lowest BCUT2D eigenvalue weighted by molar-refractivity contribution is -0.118. The Labute approximate surface area is 122 Å². The lowest BCUT2D eigenvalue weighted by atomic mass is 10.3. The molecule has 0 spiro atoms. The minimum Gasteiger partial charge on any atom is -0.497 e. The van der Waals surface area contributed by atoms with Crippen molar-refractivity contribution in [3.8, 4) is 11.5 Å². The van der Waals surface area contributed by atoms with Gasteiger partial charge in [0.1, 0.15) is 11.5 Å². The Kier molecular flexibility index (Phi) is 4.85. The first-order chi connectivity index (χ1) is 9.69. The van der Waals surface area contributed by atoms with Gasteiger partial charge >= 0.3 is 0 Å². The Morgan fingerprint density at radius 3 is 2.50 bits per heavy atom. The number of anilines is 1. The minimum absolute atomic E-state index is 0.101. The second-order valence-electron chi connectivity index (χ2n) is 4.00. The van der Waals surface area contributed by atoms with Crippen LogP contribution in [0.15, 0.2) is 48.5 Å². The normalized spacial score (nSPS) is 9.90. The zero-order chi connectivity index (χ0) is 14.4. The van der Waals surface area contributed by atoms with Crippen LogP contribution in [-0.2, 0) is 4.79 Å². The van der Waals surface area contributed by atoms with E-state index in [9.17, 15) is 4.79 Å². The molecule has 0 unspecified atom stereocenters. The smallest absolute Gasteiger partial charge is 0.262 e. The summed E-state index contributed by atoms with van der Waals surface area (Å²) in [5.74, 6) is 0.962.